The first-order valence-electron chi connectivity index (χ1n) is 6.73. The summed E-state index contributed by atoms with van der Waals surface area (Å²) in [5.41, 5.74) is 5.71. The lowest BCUT2D eigenvalue weighted by atomic mass is 10.2. The Morgan fingerprint density at radius 2 is 2.00 bits per heavy atom. The van der Waals surface area contributed by atoms with E-state index >= 15 is 0 Å². The third-order valence-corrected chi connectivity index (χ3v) is 3.37. The summed E-state index contributed by atoms with van der Waals surface area (Å²) in [6, 6.07) is 9.93. The molecule has 0 fully saturated rings. The minimum absolute atomic E-state index is 0.164. The molecule has 0 amide bonds. The number of oxime groups is 1. The second kappa shape index (κ2) is 8.32. The van der Waals surface area contributed by atoms with E-state index in [4.69, 9.17) is 33.7 Å². The molecule has 0 spiro atoms. The molecule has 0 atom stereocenters. The number of non-ortho nitro benzene ring substituents is 1. The number of nitrogens with zero attached hydrogens (tertiary/aromatic N) is 2. The smallest absolute Gasteiger partial charge is 0.372 e. The van der Waals surface area contributed by atoms with Crippen LogP contribution in [0.5, 0.6) is 5.75 Å². The number of ether oxygens (including phenoxy) is 1. The molecule has 10 heteroatoms. The van der Waals surface area contributed by atoms with Gasteiger partial charge < -0.3 is 15.3 Å². The standard InChI is InChI=1S/C15H11Cl2N3O5/c16-10-4-5-13(12(17)7-10)24-8-14(21)25-19-15(18)9-2-1-3-11(6-9)20(22)23/h1-7H,8H2,(H2,18,19). The lowest BCUT2D eigenvalue weighted by Crippen LogP contribution is -2.18. The molecule has 8 nitrogen and oxygen atoms in total. The second-order valence-electron chi connectivity index (χ2n) is 4.61. The van der Waals surface area contributed by atoms with Crippen LogP contribution in [-0.2, 0) is 9.63 Å². The molecule has 2 rings (SSSR count). The Balaban J connectivity index is 1.95. The zero-order valence-electron chi connectivity index (χ0n) is 12.5. The molecule has 0 aromatic heterocycles. The lowest BCUT2D eigenvalue weighted by Gasteiger charge is -2.06. The molecule has 0 radical (unpaired) electrons. The van der Waals surface area contributed by atoms with Crippen LogP contribution in [0.2, 0.25) is 10.0 Å². The molecule has 0 aliphatic carbocycles. The number of amidine groups is 1. The van der Waals surface area contributed by atoms with Gasteiger partial charge in [0, 0.05) is 22.7 Å². The van der Waals surface area contributed by atoms with Gasteiger partial charge in [0.15, 0.2) is 12.4 Å². The van der Waals surface area contributed by atoms with Crippen molar-refractivity contribution < 1.29 is 19.3 Å². The van der Waals surface area contributed by atoms with Crippen LogP contribution in [0, 0.1) is 10.1 Å². The highest BCUT2D eigenvalue weighted by Gasteiger charge is 2.11. The van der Waals surface area contributed by atoms with Gasteiger partial charge in [-0.15, -0.1) is 0 Å². The lowest BCUT2D eigenvalue weighted by molar-refractivity contribution is -0.384. The Hall–Kier alpha value is -2.84. The van der Waals surface area contributed by atoms with Crippen LogP contribution in [-0.4, -0.2) is 23.3 Å². The summed E-state index contributed by atoms with van der Waals surface area (Å²) in [6.45, 7) is -0.465. The van der Waals surface area contributed by atoms with Gasteiger partial charge in [0.2, 0.25) is 0 Å². The van der Waals surface area contributed by atoms with E-state index in [0.29, 0.717) is 5.02 Å². The van der Waals surface area contributed by atoms with Crippen LogP contribution < -0.4 is 10.5 Å². The maximum absolute atomic E-state index is 11.6. The van der Waals surface area contributed by atoms with Gasteiger partial charge in [-0.1, -0.05) is 40.5 Å². The quantitative estimate of drug-likeness (QED) is 0.269. The molecule has 2 N–H and O–H groups in total. The molecular weight excluding hydrogens is 373 g/mol. The van der Waals surface area contributed by atoms with Crippen molar-refractivity contribution in [2.24, 2.45) is 10.9 Å². The zero-order chi connectivity index (χ0) is 18.4. The van der Waals surface area contributed by atoms with E-state index in [-0.39, 0.29) is 27.9 Å². The minimum atomic E-state index is -0.834. The van der Waals surface area contributed by atoms with Crippen molar-refractivity contribution in [3.63, 3.8) is 0 Å². The van der Waals surface area contributed by atoms with E-state index in [1.54, 1.807) is 6.07 Å². The number of carbonyl (C=O) groups is 1. The average Bonchev–Trinajstić information content (AvgIpc) is 2.59. The van der Waals surface area contributed by atoms with Gasteiger partial charge in [-0.2, -0.15) is 0 Å². The number of nitro benzene ring substituents is 1. The molecule has 0 aliphatic heterocycles. The van der Waals surface area contributed by atoms with Crippen molar-refractivity contribution in [1.29, 1.82) is 0 Å². The SMILES string of the molecule is N/C(=N\OC(=O)COc1ccc(Cl)cc1Cl)c1cccc([N+](=O)[O-])c1. The van der Waals surface area contributed by atoms with Gasteiger partial charge in [0.1, 0.15) is 5.75 Å². The normalized spacial score (nSPS) is 11.0. The van der Waals surface area contributed by atoms with Gasteiger partial charge in [-0.25, -0.2) is 4.79 Å². The van der Waals surface area contributed by atoms with Crippen molar-refractivity contribution in [2.45, 2.75) is 0 Å². The fraction of sp³-hybridized carbons (Fsp3) is 0.0667. The van der Waals surface area contributed by atoms with Crippen molar-refractivity contribution in [3.8, 4) is 5.75 Å². The molecule has 0 aliphatic rings. The van der Waals surface area contributed by atoms with E-state index in [1.165, 1.54) is 36.4 Å². The largest absolute Gasteiger partial charge is 0.480 e. The predicted molar refractivity (Wildman–Crippen MR) is 91.9 cm³/mol. The maximum atomic E-state index is 11.6. The molecule has 25 heavy (non-hydrogen) atoms. The summed E-state index contributed by atoms with van der Waals surface area (Å²) in [5, 5.41) is 14.8. The van der Waals surface area contributed by atoms with E-state index in [0.717, 1.165) is 0 Å². The third kappa shape index (κ3) is 5.33. The number of nitrogens with two attached hydrogens (primary N) is 1. The minimum Gasteiger partial charge on any atom is -0.480 e. The maximum Gasteiger partial charge on any atom is 0.372 e. The molecule has 0 saturated carbocycles. The van der Waals surface area contributed by atoms with Gasteiger partial charge >= 0.3 is 5.97 Å². The van der Waals surface area contributed by atoms with Gasteiger partial charge in [0.25, 0.3) is 5.69 Å². The molecule has 0 heterocycles. The van der Waals surface area contributed by atoms with E-state index in [1.807, 2.05) is 0 Å². The molecule has 130 valence electrons. The fourth-order valence-corrected chi connectivity index (χ4v) is 2.15. The number of carbonyl (C=O) groups excluding carboxylic acids is 1. The van der Waals surface area contributed by atoms with Gasteiger partial charge in [0.05, 0.1) is 9.95 Å². The van der Waals surface area contributed by atoms with Crippen LogP contribution in [0.25, 0.3) is 0 Å². The Kier molecular flexibility index (Phi) is 6.15. The monoisotopic (exact) mass is 383 g/mol. The Labute approximate surface area is 151 Å². The van der Waals surface area contributed by atoms with E-state index in [2.05, 4.69) is 9.99 Å². The first-order chi connectivity index (χ1) is 11.9. The summed E-state index contributed by atoms with van der Waals surface area (Å²) in [5.74, 6) is -0.778. The molecule has 0 saturated heterocycles. The summed E-state index contributed by atoms with van der Waals surface area (Å²) < 4.78 is 5.18. The van der Waals surface area contributed by atoms with E-state index in [9.17, 15) is 14.9 Å². The molecular formula is C15H11Cl2N3O5. The molecule has 2 aromatic carbocycles. The summed E-state index contributed by atoms with van der Waals surface area (Å²) in [7, 11) is 0. The predicted octanol–water partition coefficient (Wildman–Crippen LogP) is 3.14. The van der Waals surface area contributed by atoms with Crippen LogP contribution in [0.3, 0.4) is 0 Å². The summed E-state index contributed by atoms with van der Waals surface area (Å²) in [4.78, 5) is 26.4. The number of hydrogen-bond acceptors (Lipinski definition) is 6. The summed E-state index contributed by atoms with van der Waals surface area (Å²) >= 11 is 11.6. The number of hydrogen-bond donors (Lipinski definition) is 1. The van der Waals surface area contributed by atoms with Crippen molar-refractivity contribution in [1.82, 2.24) is 0 Å². The van der Waals surface area contributed by atoms with Crippen molar-refractivity contribution in [3.05, 3.63) is 68.2 Å². The van der Waals surface area contributed by atoms with Crippen molar-refractivity contribution in [2.75, 3.05) is 6.61 Å². The molecule has 0 bridgehead atoms. The highest BCUT2D eigenvalue weighted by molar-refractivity contribution is 6.35. The third-order valence-electron chi connectivity index (χ3n) is 2.84. The number of nitro groups is 1. The molecule has 2 aromatic rings. The topological polar surface area (TPSA) is 117 Å². The van der Waals surface area contributed by atoms with E-state index < -0.39 is 17.5 Å². The highest BCUT2D eigenvalue weighted by Crippen LogP contribution is 2.27. The first-order valence-corrected chi connectivity index (χ1v) is 7.48. The fourth-order valence-electron chi connectivity index (χ4n) is 1.69. The van der Waals surface area contributed by atoms with Crippen LogP contribution >= 0.6 is 23.2 Å². The van der Waals surface area contributed by atoms with Crippen LogP contribution in [0.1, 0.15) is 5.56 Å². The zero-order valence-corrected chi connectivity index (χ0v) is 14.0. The average molecular weight is 384 g/mol. The van der Waals surface area contributed by atoms with Crippen LogP contribution in [0.4, 0.5) is 5.69 Å². The van der Waals surface area contributed by atoms with Crippen LogP contribution in [0.15, 0.2) is 47.6 Å². The Morgan fingerprint density at radius 1 is 1.24 bits per heavy atom. The number of benzene rings is 2. The Morgan fingerprint density at radius 3 is 2.68 bits per heavy atom. The van der Waals surface area contributed by atoms with Gasteiger partial charge in [-0.05, 0) is 18.2 Å². The summed E-state index contributed by atoms with van der Waals surface area (Å²) in [6.07, 6.45) is 0. The highest BCUT2D eigenvalue weighted by atomic mass is 35.5. The van der Waals surface area contributed by atoms with Crippen molar-refractivity contribution >= 4 is 40.7 Å². The first kappa shape index (κ1) is 18.5. The number of rotatable bonds is 6. The Bertz CT molecular complexity index is 842. The van der Waals surface area contributed by atoms with Gasteiger partial charge in [-0.3, -0.25) is 10.1 Å². The second-order valence-corrected chi connectivity index (χ2v) is 5.45. The number of halogens is 2. The molecule has 0 unspecified atom stereocenters.